The zero-order chi connectivity index (χ0) is 18.2. The molecule has 2 atom stereocenters. The van der Waals surface area contributed by atoms with Gasteiger partial charge in [-0.1, -0.05) is 57.0 Å². The van der Waals surface area contributed by atoms with E-state index < -0.39 is 23.5 Å². The molecule has 134 valence electrons. The van der Waals surface area contributed by atoms with E-state index >= 15 is 0 Å². The molecular weight excluding hydrogens is 306 g/mol. The first-order chi connectivity index (χ1) is 11.3. The van der Waals surface area contributed by atoms with Crippen molar-refractivity contribution in [3.8, 4) is 0 Å². The Kier molecular flexibility index (Phi) is 7.92. The number of nitrogens with one attached hydrogen (secondary N) is 1. The minimum Gasteiger partial charge on any atom is -0.481 e. The molecule has 1 amide bonds. The maximum atomic E-state index is 12.5. The van der Waals surface area contributed by atoms with Gasteiger partial charge in [-0.05, 0) is 25.3 Å². The van der Waals surface area contributed by atoms with Crippen LogP contribution in [0, 0.1) is 5.92 Å². The molecule has 1 aromatic rings. The lowest BCUT2D eigenvalue weighted by Crippen LogP contribution is -2.41. The number of benzene rings is 1. The summed E-state index contributed by atoms with van der Waals surface area (Å²) in [6.45, 7) is 5.51. The lowest BCUT2D eigenvalue weighted by molar-refractivity contribution is -0.142. The smallest absolute Gasteiger partial charge is 0.308 e. The molecule has 24 heavy (non-hydrogen) atoms. The van der Waals surface area contributed by atoms with Crippen LogP contribution in [0.1, 0.15) is 64.5 Å². The first kappa shape index (κ1) is 20.2. The predicted octanol–water partition coefficient (Wildman–Crippen LogP) is 3.29. The summed E-state index contributed by atoms with van der Waals surface area (Å²) in [4.78, 5) is 23.8. The summed E-state index contributed by atoms with van der Waals surface area (Å²) in [6.07, 6.45) is 2.68. The Bertz CT molecular complexity index is 523. The van der Waals surface area contributed by atoms with Crippen LogP contribution >= 0.6 is 0 Å². The van der Waals surface area contributed by atoms with Gasteiger partial charge in [0.1, 0.15) is 0 Å². The SMILES string of the molecule is CCCC(O)(CCC)CC(=O)NC(c1ccccc1)C(C)C(=O)O. The second-order valence-corrected chi connectivity index (χ2v) is 6.48. The molecule has 0 aromatic heterocycles. The zero-order valence-electron chi connectivity index (χ0n) is 14.8. The number of hydrogen-bond donors (Lipinski definition) is 3. The van der Waals surface area contributed by atoms with Crippen LogP contribution in [-0.4, -0.2) is 27.7 Å². The average Bonchev–Trinajstić information content (AvgIpc) is 2.53. The third-order valence-electron chi connectivity index (χ3n) is 4.29. The minimum absolute atomic E-state index is 0.00957. The van der Waals surface area contributed by atoms with Crippen molar-refractivity contribution in [3.63, 3.8) is 0 Å². The second-order valence-electron chi connectivity index (χ2n) is 6.48. The van der Waals surface area contributed by atoms with Gasteiger partial charge in [-0.15, -0.1) is 0 Å². The van der Waals surface area contributed by atoms with Gasteiger partial charge < -0.3 is 15.5 Å². The van der Waals surface area contributed by atoms with E-state index in [4.69, 9.17) is 0 Å². The molecule has 0 aliphatic carbocycles. The van der Waals surface area contributed by atoms with E-state index in [1.54, 1.807) is 19.1 Å². The van der Waals surface area contributed by atoms with Gasteiger partial charge in [0.15, 0.2) is 0 Å². The molecule has 0 radical (unpaired) electrons. The van der Waals surface area contributed by atoms with Gasteiger partial charge in [0, 0.05) is 0 Å². The minimum atomic E-state index is -1.03. The first-order valence-corrected chi connectivity index (χ1v) is 8.62. The van der Waals surface area contributed by atoms with E-state index in [2.05, 4.69) is 5.32 Å². The maximum absolute atomic E-state index is 12.5. The molecule has 2 unspecified atom stereocenters. The number of carbonyl (C=O) groups is 2. The van der Waals surface area contributed by atoms with Gasteiger partial charge >= 0.3 is 5.97 Å². The van der Waals surface area contributed by atoms with E-state index in [1.165, 1.54) is 0 Å². The van der Waals surface area contributed by atoms with Gasteiger partial charge in [-0.25, -0.2) is 0 Å². The van der Waals surface area contributed by atoms with Gasteiger partial charge in [-0.3, -0.25) is 9.59 Å². The first-order valence-electron chi connectivity index (χ1n) is 8.62. The Morgan fingerprint density at radius 2 is 1.67 bits per heavy atom. The molecule has 0 saturated heterocycles. The number of carboxylic acids is 1. The number of carboxylic acid groups (broad SMARTS) is 1. The Hall–Kier alpha value is -1.88. The van der Waals surface area contributed by atoms with Crippen LogP contribution < -0.4 is 5.32 Å². The summed E-state index contributed by atoms with van der Waals surface area (Å²) in [5, 5.41) is 22.8. The highest BCUT2D eigenvalue weighted by Gasteiger charge is 2.31. The summed E-state index contributed by atoms with van der Waals surface area (Å²) in [7, 11) is 0. The molecule has 1 rings (SSSR count). The molecular formula is C19H29NO4. The second kappa shape index (κ2) is 9.42. The van der Waals surface area contributed by atoms with E-state index in [9.17, 15) is 19.8 Å². The zero-order valence-corrected chi connectivity index (χ0v) is 14.8. The highest BCUT2D eigenvalue weighted by molar-refractivity contribution is 5.79. The van der Waals surface area contributed by atoms with Crippen molar-refractivity contribution < 1.29 is 19.8 Å². The van der Waals surface area contributed by atoms with Crippen molar-refractivity contribution in [1.82, 2.24) is 5.32 Å². The number of aliphatic hydroxyl groups is 1. The quantitative estimate of drug-likeness (QED) is 0.612. The van der Waals surface area contributed by atoms with Gasteiger partial charge in [0.25, 0.3) is 0 Å². The Labute approximate surface area is 144 Å². The average molecular weight is 335 g/mol. The molecule has 0 bridgehead atoms. The molecule has 0 fully saturated rings. The number of amides is 1. The third kappa shape index (κ3) is 5.96. The van der Waals surface area contributed by atoms with Crippen LogP contribution in [0.15, 0.2) is 30.3 Å². The van der Waals surface area contributed by atoms with Crippen LogP contribution in [-0.2, 0) is 9.59 Å². The summed E-state index contributed by atoms with van der Waals surface area (Å²) in [5.74, 6) is -2.05. The number of carbonyl (C=O) groups excluding carboxylic acids is 1. The maximum Gasteiger partial charge on any atom is 0.308 e. The van der Waals surface area contributed by atoms with Gasteiger partial charge in [0.05, 0.1) is 24.0 Å². The fourth-order valence-corrected chi connectivity index (χ4v) is 3.06. The van der Waals surface area contributed by atoms with Crippen molar-refractivity contribution in [3.05, 3.63) is 35.9 Å². The molecule has 1 aromatic carbocycles. The molecule has 0 saturated carbocycles. The van der Waals surface area contributed by atoms with E-state index in [1.807, 2.05) is 32.0 Å². The molecule has 0 aliphatic heterocycles. The molecule has 0 spiro atoms. The van der Waals surface area contributed by atoms with Crippen molar-refractivity contribution in [1.29, 1.82) is 0 Å². The predicted molar refractivity (Wildman–Crippen MR) is 93.5 cm³/mol. The highest BCUT2D eigenvalue weighted by atomic mass is 16.4. The number of aliphatic carboxylic acids is 1. The summed E-state index contributed by atoms with van der Waals surface area (Å²) in [6, 6.07) is 8.45. The van der Waals surface area contributed by atoms with Crippen LogP contribution in [0.3, 0.4) is 0 Å². The van der Waals surface area contributed by atoms with E-state index in [0.717, 1.165) is 18.4 Å². The number of rotatable bonds is 10. The van der Waals surface area contributed by atoms with Gasteiger partial charge in [0.2, 0.25) is 5.91 Å². The summed E-state index contributed by atoms with van der Waals surface area (Å²) in [5.41, 5.74) is -0.281. The summed E-state index contributed by atoms with van der Waals surface area (Å²) >= 11 is 0. The summed E-state index contributed by atoms with van der Waals surface area (Å²) < 4.78 is 0. The van der Waals surface area contributed by atoms with Crippen molar-refractivity contribution in [2.45, 2.75) is 64.5 Å². The van der Waals surface area contributed by atoms with Crippen LogP contribution in [0.5, 0.6) is 0 Å². The monoisotopic (exact) mass is 335 g/mol. The molecule has 0 heterocycles. The topological polar surface area (TPSA) is 86.6 Å². The molecule has 3 N–H and O–H groups in total. The molecule has 5 nitrogen and oxygen atoms in total. The molecule has 5 heteroatoms. The molecule has 0 aliphatic rings. The van der Waals surface area contributed by atoms with E-state index in [-0.39, 0.29) is 12.3 Å². The Balaban J connectivity index is 2.90. The normalized spacial score (nSPS) is 14.0. The van der Waals surface area contributed by atoms with Crippen LogP contribution in [0.25, 0.3) is 0 Å². The highest BCUT2D eigenvalue weighted by Crippen LogP contribution is 2.26. The largest absolute Gasteiger partial charge is 0.481 e. The third-order valence-corrected chi connectivity index (χ3v) is 4.29. The Morgan fingerprint density at radius 1 is 1.12 bits per heavy atom. The van der Waals surface area contributed by atoms with Crippen molar-refractivity contribution >= 4 is 11.9 Å². The lowest BCUT2D eigenvalue weighted by atomic mass is 9.88. The van der Waals surface area contributed by atoms with Crippen LogP contribution in [0.2, 0.25) is 0 Å². The van der Waals surface area contributed by atoms with Crippen molar-refractivity contribution in [2.75, 3.05) is 0 Å². The van der Waals surface area contributed by atoms with Gasteiger partial charge in [-0.2, -0.15) is 0 Å². The number of hydrogen-bond acceptors (Lipinski definition) is 3. The fourth-order valence-electron chi connectivity index (χ4n) is 3.06. The van der Waals surface area contributed by atoms with E-state index in [0.29, 0.717) is 12.8 Å². The fraction of sp³-hybridized carbons (Fsp3) is 0.579. The van der Waals surface area contributed by atoms with Crippen LogP contribution in [0.4, 0.5) is 0 Å². The lowest BCUT2D eigenvalue weighted by Gasteiger charge is -2.29. The Morgan fingerprint density at radius 3 is 2.12 bits per heavy atom. The van der Waals surface area contributed by atoms with Crippen molar-refractivity contribution in [2.24, 2.45) is 5.92 Å². The standard InChI is InChI=1S/C19H29NO4/c1-4-11-19(24,12-5-2)13-16(21)20-17(14(3)18(22)23)15-9-7-6-8-10-15/h6-10,14,17,24H,4-5,11-13H2,1-3H3,(H,20,21)(H,22,23).